The zero-order valence-corrected chi connectivity index (χ0v) is 15.3. The van der Waals surface area contributed by atoms with Crippen molar-refractivity contribution < 1.29 is 14.4 Å². The van der Waals surface area contributed by atoms with Crippen LogP contribution in [0.2, 0.25) is 0 Å². The van der Waals surface area contributed by atoms with Crippen LogP contribution in [0.3, 0.4) is 0 Å². The van der Waals surface area contributed by atoms with Gasteiger partial charge in [0.15, 0.2) is 5.82 Å². The van der Waals surface area contributed by atoms with Gasteiger partial charge in [0.1, 0.15) is 12.4 Å². The fourth-order valence-electron chi connectivity index (χ4n) is 3.65. The summed E-state index contributed by atoms with van der Waals surface area (Å²) in [7, 11) is 0. The average Bonchev–Trinajstić information content (AvgIpc) is 3.43. The molecule has 4 amide bonds. The van der Waals surface area contributed by atoms with Gasteiger partial charge in [-0.05, 0) is 37.1 Å². The Morgan fingerprint density at radius 2 is 1.86 bits per heavy atom. The minimum Gasteiger partial charge on any atom is -0.336 e. The topological polar surface area (TPSA) is 100 Å². The molecule has 3 heterocycles. The molecule has 1 aromatic carbocycles. The zero-order valence-electron chi connectivity index (χ0n) is 15.3. The first kappa shape index (κ1) is 16.9. The van der Waals surface area contributed by atoms with Crippen LogP contribution < -0.4 is 10.2 Å². The predicted molar refractivity (Wildman–Crippen MR) is 98.9 cm³/mol. The molecule has 9 nitrogen and oxygen atoms in total. The van der Waals surface area contributed by atoms with Gasteiger partial charge in [-0.15, -0.1) is 0 Å². The molecule has 2 aromatic rings. The number of nitrogens with one attached hydrogen (secondary N) is 1. The van der Waals surface area contributed by atoms with E-state index in [4.69, 9.17) is 0 Å². The summed E-state index contributed by atoms with van der Waals surface area (Å²) < 4.78 is 1.94. The molecule has 3 aliphatic rings. The van der Waals surface area contributed by atoms with Crippen molar-refractivity contribution in [3.05, 3.63) is 41.5 Å². The molecule has 0 atom stereocenters. The SMILES string of the molecule is O=C1CN(c2ccc(C(=O)N3CCc4nc(C5CC5)nn4CC3)cc2)C(=O)N1. The fourth-order valence-corrected chi connectivity index (χ4v) is 3.65. The van der Waals surface area contributed by atoms with Gasteiger partial charge in [-0.25, -0.2) is 14.5 Å². The number of hydrogen-bond acceptors (Lipinski definition) is 5. The lowest BCUT2D eigenvalue weighted by Crippen LogP contribution is -2.34. The minimum absolute atomic E-state index is 0.000436. The van der Waals surface area contributed by atoms with Gasteiger partial charge >= 0.3 is 6.03 Å². The Kier molecular flexibility index (Phi) is 3.88. The second-order valence-corrected chi connectivity index (χ2v) is 7.41. The number of urea groups is 1. The van der Waals surface area contributed by atoms with Crippen LogP contribution in [0.5, 0.6) is 0 Å². The van der Waals surface area contributed by atoms with Crippen LogP contribution in [0, 0.1) is 0 Å². The van der Waals surface area contributed by atoms with E-state index >= 15 is 0 Å². The summed E-state index contributed by atoms with van der Waals surface area (Å²) >= 11 is 0. The van der Waals surface area contributed by atoms with E-state index in [0.717, 1.165) is 11.6 Å². The van der Waals surface area contributed by atoms with E-state index in [-0.39, 0.29) is 18.4 Å². The second kappa shape index (κ2) is 6.43. The standard InChI is InChI=1S/C19H20N6O3/c26-16-11-24(19(28)21-16)14-5-3-13(4-6-14)18(27)23-8-7-15-20-17(12-1-2-12)22-25(15)10-9-23/h3-6,12H,1-2,7-11H2,(H,21,26,28). The summed E-state index contributed by atoms with van der Waals surface area (Å²) in [6.07, 6.45) is 3.05. The highest BCUT2D eigenvalue weighted by Crippen LogP contribution is 2.38. The quantitative estimate of drug-likeness (QED) is 0.798. The van der Waals surface area contributed by atoms with Crippen molar-refractivity contribution in [2.45, 2.75) is 31.7 Å². The lowest BCUT2D eigenvalue weighted by atomic mass is 10.1. The number of fused-ring (bicyclic) bond motifs is 1. The monoisotopic (exact) mass is 380 g/mol. The van der Waals surface area contributed by atoms with Gasteiger partial charge < -0.3 is 4.90 Å². The number of hydrogen-bond donors (Lipinski definition) is 1. The van der Waals surface area contributed by atoms with Gasteiger partial charge in [0.25, 0.3) is 5.91 Å². The number of nitrogens with zero attached hydrogens (tertiary/aromatic N) is 5. The van der Waals surface area contributed by atoms with Crippen LogP contribution in [-0.4, -0.2) is 57.1 Å². The molecule has 1 aromatic heterocycles. The highest BCUT2D eigenvalue weighted by molar-refractivity contribution is 6.12. The first-order valence-electron chi connectivity index (χ1n) is 9.53. The van der Waals surface area contributed by atoms with Crippen LogP contribution in [0.1, 0.15) is 40.8 Å². The molecule has 9 heteroatoms. The Bertz CT molecular complexity index is 937. The minimum atomic E-state index is -0.441. The molecular formula is C19H20N6O3. The van der Waals surface area contributed by atoms with Crippen molar-refractivity contribution >= 4 is 23.5 Å². The Morgan fingerprint density at radius 1 is 1.07 bits per heavy atom. The number of aromatic nitrogens is 3. The van der Waals surface area contributed by atoms with Gasteiger partial charge in [-0.3, -0.25) is 19.8 Å². The molecule has 0 spiro atoms. The molecule has 5 rings (SSSR count). The molecule has 1 aliphatic carbocycles. The molecule has 0 bridgehead atoms. The van der Waals surface area contributed by atoms with Crippen LogP contribution >= 0.6 is 0 Å². The maximum absolute atomic E-state index is 12.9. The number of anilines is 1. The van der Waals surface area contributed by atoms with Crippen molar-refractivity contribution in [2.75, 3.05) is 24.5 Å². The summed E-state index contributed by atoms with van der Waals surface area (Å²) in [4.78, 5) is 43.8. The number of carbonyl (C=O) groups is 3. The van der Waals surface area contributed by atoms with E-state index < -0.39 is 6.03 Å². The average molecular weight is 380 g/mol. The second-order valence-electron chi connectivity index (χ2n) is 7.41. The van der Waals surface area contributed by atoms with E-state index in [9.17, 15) is 14.4 Å². The Hall–Kier alpha value is -3.23. The summed E-state index contributed by atoms with van der Waals surface area (Å²) in [5.74, 6) is 2.06. The Morgan fingerprint density at radius 3 is 2.54 bits per heavy atom. The van der Waals surface area contributed by atoms with Crippen molar-refractivity contribution in [3.63, 3.8) is 0 Å². The number of rotatable bonds is 3. The van der Waals surface area contributed by atoms with Crippen molar-refractivity contribution in [3.8, 4) is 0 Å². The summed E-state index contributed by atoms with van der Waals surface area (Å²) in [5.41, 5.74) is 1.15. The molecule has 2 aliphatic heterocycles. The zero-order chi connectivity index (χ0) is 19.3. The largest absolute Gasteiger partial charge is 0.336 e. The third-order valence-corrected chi connectivity index (χ3v) is 5.40. The van der Waals surface area contributed by atoms with Crippen molar-refractivity contribution in [2.24, 2.45) is 0 Å². The maximum Gasteiger partial charge on any atom is 0.329 e. The first-order chi connectivity index (χ1) is 13.6. The van der Waals surface area contributed by atoms with Crippen LogP contribution in [0.4, 0.5) is 10.5 Å². The number of benzene rings is 1. The van der Waals surface area contributed by atoms with Gasteiger partial charge in [-0.1, -0.05) is 0 Å². The number of amides is 4. The van der Waals surface area contributed by atoms with Crippen molar-refractivity contribution in [1.29, 1.82) is 0 Å². The third-order valence-electron chi connectivity index (χ3n) is 5.40. The van der Waals surface area contributed by atoms with E-state index in [2.05, 4.69) is 15.4 Å². The van der Waals surface area contributed by atoms with E-state index in [1.165, 1.54) is 17.7 Å². The van der Waals surface area contributed by atoms with Gasteiger partial charge in [0.2, 0.25) is 5.91 Å². The molecule has 2 fully saturated rings. The molecule has 28 heavy (non-hydrogen) atoms. The molecule has 0 radical (unpaired) electrons. The molecule has 1 saturated heterocycles. The molecule has 1 N–H and O–H groups in total. The Labute approximate surface area is 161 Å². The number of carbonyl (C=O) groups excluding carboxylic acids is 3. The van der Waals surface area contributed by atoms with Crippen LogP contribution in [-0.2, 0) is 17.8 Å². The predicted octanol–water partition coefficient (Wildman–Crippen LogP) is 0.910. The highest BCUT2D eigenvalue weighted by Gasteiger charge is 2.31. The third kappa shape index (κ3) is 3.02. The molecule has 144 valence electrons. The highest BCUT2D eigenvalue weighted by atomic mass is 16.2. The lowest BCUT2D eigenvalue weighted by molar-refractivity contribution is -0.117. The van der Waals surface area contributed by atoms with E-state index in [1.807, 2.05) is 9.58 Å². The number of imide groups is 1. The van der Waals surface area contributed by atoms with Crippen molar-refractivity contribution in [1.82, 2.24) is 25.0 Å². The van der Waals surface area contributed by atoms with Crippen LogP contribution in [0.15, 0.2) is 24.3 Å². The smallest absolute Gasteiger partial charge is 0.329 e. The summed E-state index contributed by atoms with van der Waals surface area (Å²) in [6.45, 7) is 1.84. The normalized spacial score (nSPS) is 19.4. The van der Waals surface area contributed by atoms with Gasteiger partial charge in [-0.2, -0.15) is 5.10 Å². The van der Waals surface area contributed by atoms with E-state index in [0.29, 0.717) is 43.2 Å². The molecular weight excluding hydrogens is 360 g/mol. The van der Waals surface area contributed by atoms with E-state index in [1.54, 1.807) is 24.3 Å². The lowest BCUT2D eigenvalue weighted by Gasteiger charge is -2.20. The maximum atomic E-state index is 12.9. The first-order valence-corrected chi connectivity index (χ1v) is 9.53. The summed E-state index contributed by atoms with van der Waals surface area (Å²) in [6, 6.07) is 6.33. The molecule has 1 saturated carbocycles. The Balaban J connectivity index is 1.26. The van der Waals surface area contributed by atoms with Gasteiger partial charge in [0, 0.05) is 36.7 Å². The molecule has 0 unspecified atom stereocenters. The van der Waals surface area contributed by atoms with Crippen LogP contribution in [0.25, 0.3) is 0 Å². The fraction of sp³-hybridized carbons (Fsp3) is 0.421. The van der Waals surface area contributed by atoms with Gasteiger partial charge in [0.05, 0.1) is 6.54 Å². The summed E-state index contributed by atoms with van der Waals surface area (Å²) in [5, 5.41) is 6.85.